The van der Waals surface area contributed by atoms with Gasteiger partial charge in [0, 0.05) is 17.0 Å². The van der Waals surface area contributed by atoms with Crippen LogP contribution in [0.25, 0.3) is 0 Å². The van der Waals surface area contributed by atoms with E-state index < -0.39 is 0 Å². The maximum Gasteiger partial charge on any atom is 0.139 e. The van der Waals surface area contributed by atoms with Crippen molar-refractivity contribution in [3.05, 3.63) is 63.1 Å². The maximum absolute atomic E-state index is 6.66. The molecule has 2 unspecified atom stereocenters. The van der Waals surface area contributed by atoms with Gasteiger partial charge in [-0.1, -0.05) is 47.5 Å². The lowest BCUT2D eigenvalue weighted by Crippen LogP contribution is -2.21. The van der Waals surface area contributed by atoms with Gasteiger partial charge in [0.15, 0.2) is 0 Å². The molecule has 2 atom stereocenters. The van der Waals surface area contributed by atoms with E-state index in [4.69, 9.17) is 39.5 Å². The van der Waals surface area contributed by atoms with E-state index in [0.717, 1.165) is 12.0 Å². The van der Waals surface area contributed by atoms with Crippen molar-refractivity contribution in [1.82, 2.24) is 0 Å². The maximum atomic E-state index is 6.66. The van der Waals surface area contributed by atoms with Crippen LogP contribution in [0.15, 0.2) is 36.4 Å². The summed E-state index contributed by atoms with van der Waals surface area (Å²) in [5.74, 6) is 0.889. The molecule has 0 radical (unpaired) electrons. The standard InChI is InChI=1S/C17H15Cl3O/c1-2-21-16-9-14(18)13(8-15(16)19)17(20)12-7-10-5-3-4-6-11(10)12/h3-6,8-9,12,17H,2,7H2,1H3. The minimum atomic E-state index is -0.180. The third-order valence-electron chi connectivity index (χ3n) is 3.90. The van der Waals surface area contributed by atoms with Gasteiger partial charge in [-0.15, -0.1) is 11.6 Å². The summed E-state index contributed by atoms with van der Waals surface area (Å²) in [5.41, 5.74) is 3.53. The topological polar surface area (TPSA) is 9.23 Å². The zero-order chi connectivity index (χ0) is 15.0. The monoisotopic (exact) mass is 340 g/mol. The summed E-state index contributed by atoms with van der Waals surface area (Å²) in [6, 6.07) is 11.9. The zero-order valence-electron chi connectivity index (χ0n) is 11.6. The van der Waals surface area contributed by atoms with E-state index >= 15 is 0 Å². The zero-order valence-corrected chi connectivity index (χ0v) is 13.8. The Morgan fingerprint density at radius 2 is 1.95 bits per heavy atom. The first-order valence-corrected chi connectivity index (χ1v) is 8.14. The predicted molar refractivity (Wildman–Crippen MR) is 89.1 cm³/mol. The lowest BCUT2D eigenvalue weighted by Gasteiger charge is -2.34. The predicted octanol–water partition coefficient (Wildman–Crippen LogP) is 6.01. The van der Waals surface area contributed by atoms with Crippen molar-refractivity contribution in [2.75, 3.05) is 6.61 Å². The van der Waals surface area contributed by atoms with Crippen molar-refractivity contribution in [1.29, 1.82) is 0 Å². The Morgan fingerprint density at radius 1 is 1.19 bits per heavy atom. The van der Waals surface area contributed by atoms with Gasteiger partial charge in [-0.05, 0) is 36.1 Å². The molecule has 1 nitrogen and oxygen atoms in total. The number of hydrogen-bond donors (Lipinski definition) is 0. The highest BCUT2D eigenvalue weighted by atomic mass is 35.5. The molecule has 1 aliphatic rings. The first kappa shape index (κ1) is 15.0. The number of fused-ring (bicyclic) bond motifs is 1. The third kappa shape index (κ3) is 2.75. The Kier molecular flexibility index (Phi) is 4.35. The van der Waals surface area contributed by atoms with Gasteiger partial charge < -0.3 is 4.74 Å². The van der Waals surface area contributed by atoms with Crippen LogP contribution in [-0.4, -0.2) is 6.61 Å². The Hall–Kier alpha value is -0.890. The van der Waals surface area contributed by atoms with E-state index in [1.54, 1.807) is 6.07 Å². The summed E-state index contributed by atoms with van der Waals surface area (Å²) in [7, 11) is 0. The molecule has 1 aliphatic carbocycles. The van der Waals surface area contributed by atoms with E-state index in [0.29, 0.717) is 22.4 Å². The molecule has 0 saturated carbocycles. The van der Waals surface area contributed by atoms with E-state index in [9.17, 15) is 0 Å². The molecular weight excluding hydrogens is 327 g/mol. The van der Waals surface area contributed by atoms with Gasteiger partial charge in [0.25, 0.3) is 0 Å². The van der Waals surface area contributed by atoms with Crippen LogP contribution in [0.3, 0.4) is 0 Å². The van der Waals surface area contributed by atoms with Crippen LogP contribution in [0.1, 0.15) is 34.9 Å². The van der Waals surface area contributed by atoms with E-state index in [1.165, 1.54) is 11.1 Å². The van der Waals surface area contributed by atoms with Gasteiger partial charge in [-0.25, -0.2) is 0 Å². The number of hydrogen-bond acceptors (Lipinski definition) is 1. The molecule has 0 heterocycles. The molecule has 0 fully saturated rings. The van der Waals surface area contributed by atoms with Crippen molar-refractivity contribution in [2.24, 2.45) is 0 Å². The molecular formula is C17H15Cl3O. The number of benzene rings is 2. The van der Waals surface area contributed by atoms with Gasteiger partial charge in [0.2, 0.25) is 0 Å². The fourth-order valence-corrected chi connectivity index (χ4v) is 3.76. The van der Waals surface area contributed by atoms with E-state index in [-0.39, 0.29) is 11.3 Å². The van der Waals surface area contributed by atoms with Gasteiger partial charge in [0.05, 0.1) is 17.0 Å². The van der Waals surface area contributed by atoms with E-state index in [1.807, 2.05) is 19.1 Å². The molecule has 0 aromatic heterocycles. The van der Waals surface area contributed by atoms with Crippen molar-refractivity contribution in [3.8, 4) is 5.75 Å². The molecule has 2 aromatic rings. The van der Waals surface area contributed by atoms with Crippen LogP contribution in [0.5, 0.6) is 5.75 Å². The number of halogens is 3. The summed E-state index contributed by atoms with van der Waals surface area (Å²) in [5, 5.41) is 0.974. The Labute approximate surface area is 139 Å². The molecule has 110 valence electrons. The molecule has 4 heteroatoms. The van der Waals surface area contributed by atoms with Gasteiger partial charge in [-0.2, -0.15) is 0 Å². The summed E-state index contributed by atoms with van der Waals surface area (Å²) in [6.07, 6.45) is 0.978. The van der Waals surface area contributed by atoms with Crippen LogP contribution in [0.4, 0.5) is 0 Å². The molecule has 0 bridgehead atoms. The molecule has 3 rings (SSSR count). The molecule has 0 N–H and O–H groups in total. The smallest absolute Gasteiger partial charge is 0.139 e. The normalized spacial score (nSPS) is 17.8. The lowest BCUT2D eigenvalue weighted by atomic mass is 9.74. The van der Waals surface area contributed by atoms with Crippen molar-refractivity contribution in [2.45, 2.75) is 24.6 Å². The number of alkyl halides is 1. The van der Waals surface area contributed by atoms with Crippen LogP contribution < -0.4 is 4.74 Å². The summed E-state index contributed by atoms with van der Waals surface area (Å²) in [4.78, 5) is 0. The summed E-state index contributed by atoms with van der Waals surface area (Å²) >= 11 is 19.3. The van der Waals surface area contributed by atoms with Crippen molar-refractivity contribution >= 4 is 34.8 Å². The average molecular weight is 342 g/mol. The molecule has 2 aromatic carbocycles. The summed E-state index contributed by atoms with van der Waals surface area (Å²) < 4.78 is 5.45. The molecule has 0 spiro atoms. The second-order valence-electron chi connectivity index (χ2n) is 5.15. The average Bonchev–Trinajstić information content (AvgIpc) is 2.44. The lowest BCUT2D eigenvalue weighted by molar-refractivity contribution is 0.340. The van der Waals surface area contributed by atoms with Crippen LogP contribution >= 0.6 is 34.8 Å². The minimum Gasteiger partial charge on any atom is -0.492 e. The second-order valence-corrected chi connectivity index (χ2v) is 6.43. The highest BCUT2D eigenvalue weighted by Crippen LogP contribution is 2.49. The van der Waals surface area contributed by atoms with Crippen molar-refractivity contribution in [3.63, 3.8) is 0 Å². The first-order valence-electron chi connectivity index (χ1n) is 6.95. The molecule has 0 aliphatic heterocycles. The van der Waals surface area contributed by atoms with Gasteiger partial charge in [0.1, 0.15) is 5.75 Å². The molecule has 21 heavy (non-hydrogen) atoms. The number of ether oxygens (including phenoxy) is 1. The van der Waals surface area contributed by atoms with Crippen LogP contribution in [0.2, 0.25) is 10.0 Å². The fourth-order valence-electron chi connectivity index (χ4n) is 2.80. The number of rotatable bonds is 4. The fraction of sp³-hybridized carbons (Fsp3) is 0.294. The van der Waals surface area contributed by atoms with Gasteiger partial charge in [-0.3, -0.25) is 0 Å². The van der Waals surface area contributed by atoms with Crippen molar-refractivity contribution < 1.29 is 4.74 Å². The Bertz CT molecular complexity index is 669. The Balaban J connectivity index is 1.89. The first-order chi connectivity index (χ1) is 10.1. The van der Waals surface area contributed by atoms with E-state index in [2.05, 4.69) is 18.2 Å². The minimum absolute atomic E-state index is 0.180. The summed E-state index contributed by atoms with van der Waals surface area (Å²) in [6.45, 7) is 2.46. The SMILES string of the molecule is CCOc1cc(Cl)c(C(Cl)C2Cc3ccccc32)cc1Cl. The molecule has 0 saturated heterocycles. The highest BCUT2D eigenvalue weighted by Gasteiger charge is 2.33. The van der Waals surface area contributed by atoms with Gasteiger partial charge >= 0.3 is 0 Å². The third-order valence-corrected chi connectivity index (χ3v) is 5.06. The highest BCUT2D eigenvalue weighted by molar-refractivity contribution is 6.35. The second kappa shape index (κ2) is 6.08. The van der Waals surface area contributed by atoms with Crippen LogP contribution in [0, 0.1) is 0 Å². The van der Waals surface area contributed by atoms with Crippen LogP contribution in [-0.2, 0) is 6.42 Å². The largest absolute Gasteiger partial charge is 0.492 e. The Morgan fingerprint density at radius 3 is 2.67 bits per heavy atom. The quantitative estimate of drug-likeness (QED) is 0.619. The molecule has 0 amide bonds.